The number of hydrogen-bond donors (Lipinski definition) is 0. The van der Waals surface area contributed by atoms with Crippen molar-refractivity contribution in [1.82, 2.24) is 19.9 Å². The van der Waals surface area contributed by atoms with E-state index in [1.807, 2.05) is 12.4 Å². The summed E-state index contributed by atoms with van der Waals surface area (Å²) in [6.07, 6.45) is 3.79. The Morgan fingerprint density at radius 2 is 0.845 bits per heavy atom. The molecule has 9 aromatic carbocycles. The van der Waals surface area contributed by atoms with Crippen LogP contribution >= 0.6 is 0 Å². The second-order valence-electron chi connectivity index (χ2n) is 14.6. The van der Waals surface area contributed by atoms with Crippen molar-refractivity contribution in [3.05, 3.63) is 207 Å². The molecule has 0 fully saturated rings. The normalized spacial score (nSPS) is 11.4. The largest absolute Gasteiger partial charge is 0.264 e. The number of hydrogen-bond acceptors (Lipinski definition) is 4. The molecule has 0 aliphatic rings. The molecule has 4 heteroatoms. The maximum atomic E-state index is 5.41. The van der Waals surface area contributed by atoms with Crippen LogP contribution in [0.15, 0.2) is 207 Å². The number of fused-ring (bicyclic) bond motifs is 6. The highest BCUT2D eigenvalue weighted by Crippen LogP contribution is 2.41. The summed E-state index contributed by atoms with van der Waals surface area (Å²) in [6.45, 7) is 0. The van der Waals surface area contributed by atoms with Gasteiger partial charge in [-0.2, -0.15) is 0 Å². The Labute approximate surface area is 335 Å². The van der Waals surface area contributed by atoms with Crippen LogP contribution < -0.4 is 0 Å². The minimum atomic E-state index is 0.613. The minimum Gasteiger partial charge on any atom is -0.264 e. The van der Waals surface area contributed by atoms with Crippen LogP contribution in [0.1, 0.15) is 0 Å². The van der Waals surface area contributed by atoms with Crippen molar-refractivity contribution < 1.29 is 0 Å². The molecule has 11 rings (SSSR count). The summed E-state index contributed by atoms with van der Waals surface area (Å²) >= 11 is 0. The lowest BCUT2D eigenvalue weighted by molar-refractivity contribution is 1.08. The van der Waals surface area contributed by atoms with Gasteiger partial charge in [-0.3, -0.25) is 4.98 Å². The topological polar surface area (TPSA) is 51.6 Å². The maximum absolute atomic E-state index is 5.41. The monoisotopic (exact) mass is 738 g/mol. The molecule has 0 unspecified atom stereocenters. The molecule has 0 saturated heterocycles. The molecule has 58 heavy (non-hydrogen) atoms. The fourth-order valence-electron chi connectivity index (χ4n) is 8.49. The minimum absolute atomic E-state index is 0.613. The van der Waals surface area contributed by atoms with Crippen molar-refractivity contribution in [2.75, 3.05) is 0 Å². The SMILES string of the molecule is c1ccc(-c2cccc(-c3nc(-c4ccc(-c5cccc6ccccc56)cc4)nc(-c4cccc5ccc6c7ccncc7ccc6c45)n3)c2-c2ccccc2)cc1. The van der Waals surface area contributed by atoms with Gasteiger partial charge in [0.1, 0.15) is 0 Å². The highest BCUT2D eigenvalue weighted by molar-refractivity contribution is 6.20. The third-order valence-electron chi connectivity index (χ3n) is 11.2. The zero-order valence-corrected chi connectivity index (χ0v) is 31.4. The molecule has 0 spiro atoms. The van der Waals surface area contributed by atoms with E-state index in [1.54, 1.807) is 0 Å². The Balaban J connectivity index is 1.16. The first-order chi connectivity index (χ1) is 28.8. The lowest BCUT2D eigenvalue weighted by Gasteiger charge is -2.17. The van der Waals surface area contributed by atoms with Crippen LogP contribution in [0.3, 0.4) is 0 Å². The highest BCUT2D eigenvalue weighted by Gasteiger charge is 2.20. The van der Waals surface area contributed by atoms with Crippen molar-refractivity contribution >= 4 is 43.1 Å². The van der Waals surface area contributed by atoms with Crippen LogP contribution in [0.4, 0.5) is 0 Å². The highest BCUT2D eigenvalue weighted by atomic mass is 15.0. The lowest BCUT2D eigenvalue weighted by atomic mass is 9.90. The summed E-state index contributed by atoms with van der Waals surface area (Å²) in [5, 5.41) is 9.25. The van der Waals surface area contributed by atoms with Crippen molar-refractivity contribution in [2.24, 2.45) is 0 Å². The molecule has 0 atom stereocenters. The fourth-order valence-corrected chi connectivity index (χ4v) is 8.49. The second-order valence-corrected chi connectivity index (χ2v) is 14.6. The van der Waals surface area contributed by atoms with Crippen LogP contribution in [-0.4, -0.2) is 19.9 Å². The van der Waals surface area contributed by atoms with Gasteiger partial charge in [-0.05, 0) is 66.2 Å². The van der Waals surface area contributed by atoms with Crippen LogP contribution in [0.2, 0.25) is 0 Å². The first-order valence-corrected chi connectivity index (χ1v) is 19.5. The molecule has 4 nitrogen and oxygen atoms in total. The Morgan fingerprint density at radius 3 is 1.67 bits per heavy atom. The first kappa shape index (κ1) is 33.5. The number of aromatic nitrogens is 4. The number of pyridine rings is 1. The molecule has 0 bridgehead atoms. The molecule has 0 amide bonds. The van der Waals surface area contributed by atoms with E-state index in [1.165, 1.54) is 21.7 Å². The molecular weight excluding hydrogens is 705 g/mol. The molecule has 11 aromatic rings. The summed E-state index contributed by atoms with van der Waals surface area (Å²) in [6, 6.07) is 68.4. The number of benzene rings is 9. The van der Waals surface area contributed by atoms with Gasteiger partial charge in [0.15, 0.2) is 17.5 Å². The maximum Gasteiger partial charge on any atom is 0.164 e. The van der Waals surface area contributed by atoms with Crippen molar-refractivity contribution in [3.63, 3.8) is 0 Å². The van der Waals surface area contributed by atoms with Gasteiger partial charge in [-0.25, -0.2) is 15.0 Å². The Morgan fingerprint density at radius 1 is 0.276 bits per heavy atom. The third-order valence-corrected chi connectivity index (χ3v) is 11.2. The first-order valence-electron chi connectivity index (χ1n) is 19.5. The molecule has 2 heterocycles. The summed E-state index contributed by atoms with van der Waals surface area (Å²) in [5.41, 5.74) is 9.55. The molecule has 0 radical (unpaired) electrons. The molecule has 0 aliphatic heterocycles. The zero-order chi connectivity index (χ0) is 38.4. The Kier molecular flexibility index (Phi) is 8.11. The van der Waals surface area contributed by atoms with Crippen LogP contribution in [0, 0.1) is 0 Å². The van der Waals surface area contributed by atoms with Gasteiger partial charge in [-0.15, -0.1) is 0 Å². The molecule has 0 aliphatic carbocycles. The van der Waals surface area contributed by atoms with Crippen molar-refractivity contribution in [2.45, 2.75) is 0 Å². The predicted molar refractivity (Wildman–Crippen MR) is 240 cm³/mol. The second kappa shape index (κ2) is 14.0. The van der Waals surface area contributed by atoms with Gasteiger partial charge in [-0.1, -0.05) is 188 Å². The summed E-state index contributed by atoms with van der Waals surface area (Å²) in [4.78, 5) is 20.4. The molecule has 2 aromatic heterocycles. The van der Waals surface area contributed by atoms with E-state index in [0.29, 0.717) is 17.5 Å². The number of rotatable bonds is 6. The smallest absolute Gasteiger partial charge is 0.164 e. The summed E-state index contributed by atoms with van der Waals surface area (Å²) < 4.78 is 0. The van der Waals surface area contributed by atoms with Gasteiger partial charge in [0.25, 0.3) is 0 Å². The summed E-state index contributed by atoms with van der Waals surface area (Å²) in [7, 11) is 0. The zero-order valence-electron chi connectivity index (χ0n) is 31.4. The Bertz CT molecular complexity index is 3320. The molecule has 0 saturated carbocycles. The quantitative estimate of drug-likeness (QED) is 0.159. The van der Waals surface area contributed by atoms with Crippen LogP contribution in [-0.2, 0) is 0 Å². The van der Waals surface area contributed by atoms with Gasteiger partial charge < -0.3 is 0 Å². The van der Waals surface area contributed by atoms with Gasteiger partial charge in [0.2, 0.25) is 0 Å². The Hall–Kier alpha value is -7.82. The third kappa shape index (κ3) is 5.78. The van der Waals surface area contributed by atoms with E-state index in [0.717, 1.165) is 71.4 Å². The van der Waals surface area contributed by atoms with E-state index in [2.05, 4.69) is 199 Å². The van der Waals surface area contributed by atoms with Crippen LogP contribution in [0.5, 0.6) is 0 Å². The molecular formula is C54H34N4. The van der Waals surface area contributed by atoms with E-state index in [-0.39, 0.29) is 0 Å². The van der Waals surface area contributed by atoms with E-state index in [4.69, 9.17) is 15.0 Å². The van der Waals surface area contributed by atoms with E-state index >= 15 is 0 Å². The van der Waals surface area contributed by atoms with Crippen molar-refractivity contribution in [1.29, 1.82) is 0 Å². The standard InChI is InChI=1S/C54H34N4/c1-3-12-36(13-4-1)45-21-11-23-48(50(45)38-15-5-2-6-16-38)53-56-52(40-26-24-37(25-27-40)43-20-9-17-35-14-7-8-19-42(35)43)57-54(58-53)49-22-10-18-39-28-30-46-44-32-33-55-34-41(44)29-31-47(46)51(39)49/h1-34H. The number of nitrogens with zero attached hydrogens (tertiary/aromatic N) is 4. The van der Waals surface area contributed by atoms with Crippen LogP contribution in [0.25, 0.3) is 111 Å². The van der Waals surface area contributed by atoms with Gasteiger partial charge >= 0.3 is 0 Å². The van der Waals surface area contributed by atoms with E-state index < -0.39 is 0 Å². The average Bonchev–Trinajstić information content (AvgIpc) is 3.31. The molecule has 270 valence electrons. The van der Waals surface area contributed by atoms with Gasteiger partial charge in [0, 0.05) is 45.4 Å². The predicted octanol–water partition coefficient (Wildman–Crippen LogP) is 13.9. The summed E-state index contributed by atoms with van der Waals surface area (Å²) in [5.74, 6) is 1.85. The fraction of sp³-hybridized carbons (Fsp3) is 0. The average molecular weight is 739 g/mol. The van der Waals surface area contributed by atoms with E-state index in [9.17, 15) is 0 Å². The molecule has 0 N–H and O–H groups in total. The lowest BCUT2D eigenvalue weighted by Crippen LogP contribution is -2.02. The van der Waals surface area contributed by atoms with Crippen molar-refractivity contribution in [3.8, 4) is 67.5 Å². The van der Waals surface area contributed by atoms with Gasteiger partial charge in [0.05, 0.1) is 0 Å².